The van der Waals surface area contributed by atoms with Gasteiger partial charge in [-0.15, -0.1) is 0 Å². The van der Waals surface area contributed by atoms with Gasteiger partial charge in [-0.25, -0.2) is 4.98 Å². The number of nitrogens with one attached hydrogen (secondary N) is 1. The Morgan fingerprint density at radius 3 is 2.64 bits per heavy atom. The SMILES string of the molecule is CC.Cc1cccc2[nH]c(CN)nc12. The van der Waals surface area contributed by atoms with Crippen molar-refractivity contribution in [2.75, 3.05) is 0 Å². The highest BCUT2D eigenvalue weighted by Gasteiger charge is 2.01. The molecule has 2 aromatic rings. The molecule has 14 heavy (non-hydrogen) atoms. The van der Waals surface area contributed by atoms with Gasteiger partial charge in [0.1, 0.15) is 5.82 Å². The Morgan fingerprint density at radius 2 is 2.07 bits per heavy atom. The number of nitrogens with zero attached hydrogens (tertiary/aromatic N) is 1. The molecule has 0 spiro atoms. The van der Waals surface area contributed by atoms with Crippen LogP contribution in [-0.2, 0) is 6.54 Å². The fourth-order valence-corrected chi connectivity index (χ4v) is 1.32. The van der Waals surface area contributed by atoms with Gasteiger partial charge in [-0.3, -0.25) is 0 Å². The molecule has 1 aromatic heterocycles. The van der Waals surface area contributed by atoms with Gasteiger partial charge in [-0.1, -0.05) is 26.0 Å². The maximum absolute atomic E-state index is 5.47. The molecule has 0 unspecified atom stereocenters. The lowest BCUT2D eigenvalue weighted by atomic mass is 10.2. The Hall–Kier alpha value is -1.35. The Bertz CT molecular complexity index is 404. The molecule has 0 amide bonds. The topological polar surface area (TPSA) is 54.7 Å². The first-order valence-electron chi connectivity index (χ1n) is 4.95. The fourth-order valence-electron chi connectivity index (χ4n) is 1.32. The summed E-state index contributed by atoms with van der Waals surface area (Å²) in [5, 5.41) is 0. The maximum Gasteiger partial charge on any atom is 0.121 e. The third-order valence-electron chi connectivity index (χ3n) is 1.96. The van der Waals surface area contributed by atoms with Crippen LogP contribution in [0.25, 0.3) is 11.0 Å². The summed E-state index contributed by atoms with van der Waals surface area (Å²) in [5.74, 6) is 0.847. The molecule has 0 aliphatic carbocycles. The van der Waals surface area contributed by atoms with Crippen molar-refractivity contribution in [3.05, 3.63) is 29.6 Å². The van der Waals surface area contributed by atoms with Gasteiger partial charge >= 0.3 is 0 Å². The number of rotatable bonds is 1. The van der Waals surface area contributed by atoms with E-state index < -0.39 is 0 Å². The quantitative estimate of drug-likeness (QED) is 0.727. The van der Waals surface area contributed by atoms with E-state index in [1.54, 1.807) is 0 Å². The van der Waals surface area contributed by atoms with Crippen LogP contribution < -0.4 is 5.73 Å². The van der Waals surface area contributed by atoms with Crippen molar-refractivity contribution >= 4 is 11.0 Å². The highest BCUT2D eigenvalue weighted by atomic mass is 14.9. The monoisotopic (exact) mass is 191 g/mol. The van der Waals surface area contributed by atoms with Crippen molar-refractivity contribution in [2.24, 2.45) is 5.73 Å². The molecule has 0 saturated heterocycles. The lowest BCUT2D eigenvalue weighted by Crippen LogP contribution is -1.97. The Morgan fingerprint density at radius 1 is 1.36 bits per heavy atom. The first-order chi connectivity index (χ1) is 6.81. The molecule has 1 heterocycles. The molecule has 0 saturated carbocycles. The summed E-state index contributed by atoms with van der Waals surface area (Å²) in [6.07, 6.45) is 0. The second-order valence-corrected chi connectivity index (χ2v) is 2.86. The third-order valence-corrected chi connectivity index (χ3v) is 1.96. The van der Waals surface area contributed by atoms with E-state index in [9.17, 15) is 0 Å². The van der Waals surface area contributed by atoms with Gasteiger partial charge in [0.05, 0.1) is 17.6 Å². The van der Waals surface area contributed by atoms with E-state index in [0.29, 0.717) is 6.54 Å². The number of H-pyrrole nitrogens is 1. The molecule has 0 bridgehead atoms. The van der Waals surface area contributed by atoms with Gasteiger partial charge in [-0.2, -0.15) is 0 Å². The number of nitrogens with two attached hydrogens (primary N) is 1. The van der Waals surface area contributed by atoms with Crippen LogP contribution in [0, 0.1) is 6.92 Å². The molecular formula is C11H17N3. The largest absolute Gasteiger partial charge is 0.341 e. The number of fused-ring (bicyclic) bond motifs is 1. The van der Waals surface area contributed by atoms with Crippen LogP contribution in [-0.4, -0.2) is 9.97 Å². The number of imidazole rings is 1. The minimum Gasteiger partial charge on any atom is -0.341 e. The number of aromatic amines is 1. The summed E-state index contributed by atoms with van der Waals surface area (Å²) in [6.45, 7) is 6.51. The van der Waals surface area contributed by atoms with E-state index >= 15 is 0 Å². The minimum atomic E-state index is 0.466. The number of hydrogen-bond donors (Lipinski definition) is 2. The molecule has 0 aliphatic heterocycles. The van der Waals surface area contributed by atoms with Crippen molar-refractivity contribution in [1.29, 1.82) is 0 Å². The van der Waals surface area contributed by atoms with Gasteiger partial charge in [0, 0.05) is 0 Å². The highest BCUT2D eigenvalue weighted by Crippen LogP contribution is 2.14. The van der Waals surface area contributed by atoms with Crippen LogP contribution >= 0.6 is 0 Å². The van der Waals surface area contributed by atoms with E-state index in [2.05, 4.69) is 9.97 Å². The molecule has 3 nitrogen and oxygen atoms in total. The number of aromatic nitrogens is 2. The zero-order valence-electron chi connectivity index (χ0n) is 8.96. The molecule has 0 fully saturated rings. The lowest BCUT2D eigenvalue weighted by Gasteiger charge is -1.90. The zero-order chi connectivity index (χ0) is 10.6. The van der Waals surface area contributed by atoms with E-state index in [-0.39, 0.29) is 0 Å². The van der Waals surface area contributed by atoms with Gasteiger partial charge in [-0.05, 0) is 18.6 Å². The van der Waals surface area contributed by atoms with Crippen LogP contribution in [0.4, 0.5) is 0 Å². The highest BCUT2D eigenvalue weighted by molar-refractivity contribution is 5.78. The minimum absolute atomic E-state index is 0.466. The van der Waals surface area contributed by atoms with Crippen molar-refractivity contribution in [3.63, 3.8) is 0 Å². The molecule has 76 valence electrons. The molecule has 1 aromatic carbocycles. The number of para-hydroxylation sites is 1. The second kappa shape index (κ2) is 4.77. The normalized spacial score (nSPS) is 9.71. The number of aryl methyl sites for hydroxylation is 1. The molecule has 0 atom stereocenters. The summed E-state index contributed by atoms with van der Waals surface area (Å²) in [6, 6.07) is 6.06. The first-order valence-corrected chi connectivity index (χ1v) is 4.95. The Balaban J connectivity index is 0.000000461. The average Bonchev–Trinajstić information content (AvgIpc) is 2.65. The molecule has 3 N–H and O–H groups in total. The van der Waals surface area contributed by atoms with Crippen molar-refractivity contribution in [1.82, 2.24) is 9.97 Å². The third kappa shape index (κ3) is 1.93. The van der Waals surface area contributed by atoms with E-state index in [1.807, 2.05) is 39.0 Å². The van der Waals surface area contributed by atoms with Gasteiger partial charge in [0.15, 0.2) is 0 Å². The summed E-state index contributed by atoms with van der Waals surface area (Å²) < 4.78 is 0. The first kappa shape index (κ1) is 10.7. The predicted octanol–water partition coefficient (Wildman–Crippen LogP) is 2.36. The average molecular weight is 191 g/mol. The van der Waals surface area contributed by atoms with Crippen LogP contribution in [0.15, 0.2) is 18.2 Å². The standard InChI is InChI=1S/C9H11N3.C2H6/c1-6-3-2-4-7-9(6)12-8(5-10)11-7;1-2/h2-4H,5,10H2,1H3,(H,11,12);1-2H3. The van der Waals surface area contributed by atoms with Crippen molar-refractivity contribution in [2.45, 2.75) is 27.3 Å². The Labute approximate surface area is 84.3 Å². The second-order valence-electron chi connectivity index (χ2n) is 2.86. The smallest absolute Gasteiger partial charge is 0.121 e. The van der Waals surface area contributed by atoms with Crippen molar-refractivity contribution < 1.29 is 0 Å². The Kier molecular flexibility index (Phi) is 3.65. The summed E-state index contributed by atoms with van der Waals surface area (Å²) in [7, 11) is 0. The number of hydrogen-bond acceptors (Lipinski definition) is 2. The lowest BCUT2D eigenvalue weighted by molar-refractivity contribution is 0.958. The summed E-state index contributed by atoms with van der Waals surface area (Å²) >= 11 is 0. The van der Waals surface area contributed by atoms with Crippen LogP contribution in [0.2, 0.25) is 0 Å². The van der Waals surface area contributed by atoms with Crippen LogP contribution in [0.1, 0.15) is 25.2 Å². The fraction of sp³-hybridized carbons (Fsp3) is 0.364. The van der Waals surface area contributed by atoms with E-state index in [0.717, 1.165) is 16.9 Å². The molecule has 0 aliphatic rings. The number of benzene rings is 1. The molecular weight excluding hydrogens is 174 g/mol. The zero-order valence-corrected chi connectivity index (χ0v) is 8.96. The summed E-state index contributed by atoms with van der Waals surface area (Å²) in [4.78, 5) is 7.50. The van der Waals surface area contributed by atoms with Gasteiger partial charge < -0.3 is 10.7 Å². The summed E-state index contributed by atoms with van der Waals surface area (Å²) in [5.41, 5.74) is 8.74. The predicted molar refractivity (Wildman–Crippen MR) is 60.1 cm³/mol. The molecule has 3 heteroatoms. The van der Waals surface area contributed by atoms with Crippen LogP contribution in [0.3, 0.4) is 0 Å². The van der Waals surface area contributed by atoms with E-state index in [1.165, 1.54) is 5.56 Å². The van der Waals surface area contributed by atoms with Gasteiger partial charge in [0.2, 0.25) is 0 Å². The maximum atomic E-state index is 5.47. The molecule has 2 rings (SSSR count). The van der Waals surface area contributed by atoms with E-state index in [4.69, 9.17) is 5.73 Å². The van der Waals surface area contributed by atoms with Crippen LogP contribution in [0.5, 0.6) is 0 Å². The molecule has 0 radical (unpaired) electrons. The van der Waals surface area contributed by atoms with Crippen molar-refractivity contribution in [3.8, 4) is 0 Å². The van der Waals surface area contributed by atoms with Gasteiger partial charge in [0.25, 0.3) is 0 Å².